The number of carbonyl (C=O) groups excluding carboxylic acids is 2. The second kappa shape index (κ2) is 4.59. The van der Waals surface area contributed by atoms with Gasteiger partial charge >= 0.3 is 5.97 Å². The Morgan fingerprint density at radius 1 is 1.33 bits per heavy atom. The van der Waals surface area contributed by atoms with Gasteiger partial charge in [-0.3, -0.25) is 14.4 Å². The molecule has 1 heterocycles. The van der Waals surface area contributed by atoms with Gasteiger partial charge in [-0.05, 0) is 19.3 Å². The Balaban J connectivity index is 1.99. The molecular weight excluding hydrogens is 236 g/mol. The van der Waals surface area contributed by atoms with Gasteiger partial charge < -0.3 is 15.3 Å². The lowest BCUT2D eigenvalue weighted by Gasteiger charge is -2.38. The van der Waals surface area contributed by atoms with Gasteiger partial charge in [-0.15, -0.1) is 0 Å². The third-order valence-corrected chi connectivity index (χ3v) is 3.91. The van der Waals surface area contributed by atoms with Gasteiger partial charge in [0.1, 0.15) is 5.41 Å². The van der Waals surface area contributed by atoms with E-state index in [0.717, 1.165) is 6.42 Å². The summed E-state index contributed by atoms with van der Waals surface area (Å²) in [5.74, 6) is -1.42. The number of hydrogen-bond acceptors (Lipinski definition) is 3. The zero-order valence-electron chi connectivity index (χ0n) is 10.4. The van der Waals surface area contributed by atoms with Crippen LogP contribution < -0.4 is 5.32 Å². The number of amides is 2. The van der Waals surface area contributed by atoms with E-state index in [1.807, 2.05) is 0 Å². The first-order valence-corrected chi connectivity index (χ1v) is 6.25. The quantitative estimate of drug-likeness (QED) is 0.693. The van der Waals surface area contributed by atoms with E-state index in [2.05, 4.69) is 5.32 Å². The summed E-state index contributed by atoms with van der Waals surface area (Å²) in [4.78, 5) is 36.0. The molecule has 1 saturated carbocycles. The van der Waals surface area contributed by atoms with Gasteiger partial charge in [0.2, 0.25) is 11.8 Å². The zero-order valence-corrected chi connectivity index (χ0v) is 10.4. The molecule has 100 valence electrons. The number of nitrogens with one attached hydrogen (secondary N) is 1. The number of carboxylic acids is 1. The molecule has 6 heteroatoms. The highest BCUT2D eigenvalue weighted by Crippen LogP contribution is 2.43. The molecule has 0 radical (unpaired) electrons. The van der Waals surface area contributed by atoms with Crippen molar-refractivity contribution >= 4 is 17.8 Å². The van der Waals surface area contributed by atoms with Gasteiger partial charge in [-0.25, -0.2) is 0 Å². The minimum Gasteiger partial charge on any atom is -0.480 e. The van der Waals surface area contributed by atoms with Crippen molar-refractivity contribution in [2.75, 3.05) is 13.1 Å². The third kappa shape index (κ3) is 2.07. The van der Waals surface area contributed by atoms with E-state index in [0.29, 0.717) is 32.4 Å². The smallest absolute Gasteiger partial charge is 0.319 e. The second-order valence-corrected chi connectivity index (χ2v) is 5.18. The molecule has 0 aromatic carbocycles. The Morgan fingerprint density at radius 2 is 2.00 bits per heavy atom. The second-order valence-electron chi connectivity index (χ2n) is 5.18. The predicted molar refractivity (Wildman–Crippen MR) is 62.7 cm³/mol. The lowest BCUT2D eigenvalue weighted by atomic mass is 9.68. The van der Waals surface area contributed by atoms with Gasteiger partial charge in [-0.1, -0.05) is 6.42 Å². The first-order valence-electron chi connectivity index (χ1n) is 6.25. The van der Waals surface area contributed by atoms with E-state index >= 15 is 0 Å². The fraction of sp³-hybridized carbons (Fsp3) is 0.750. The Bertz CT molecular complexity index is 390. The Hall–Kier alpha value is -1.59. The summed E-state index contributed by atoms with van der Waals surface area (Å²) in [6.45, 7) is 2.39. The molecule has 2 amide bonds. The van der Waals surface area contributed by atoms with Crippen LogP contribution in [0, 0.1) is 5.41 Å². The largest absolute Gasteiger partial charge is 0.480 e. The topological polar surface area (TPSA) is 86.7 Å². The van der Waals surface area contributed by atoms with E-state index in [4.69, 9.17) is 0 Å². The van der Waals surface area contributed by atoms with Gasteiger partial charge in [0.25, 0.3) is 0 Å². The Labute approximate surface area is 105 Å². The summed E-state index contributed by atoms with van der Waals surface area (Å²) < 4.78 is 0. The number of likely N-dealkylation sites (tertiary alicyclic amines) is 1. The third-order valence-electron chi connectivity index (χ3n) is 3.91. The standard InChI is InChI=1S/C12H18N2O4/c1-8(15)13-9-3-6-14(7-9)10(16)12(11(17)18)4-2-5-12/h9H,2-7H2,1H3,(H,13,15)(H,17,18). The van der Waals surface area contributed by atoms with E-state index < -0.39 is 11.4 Å². The molecule has 1 saturated heterocycles. The molecule has 2 N–H and O–H groups in total. The molecule has 6 nitrogen and oxygen atoms in total. The Morgan fingerprint density at radius 3 is 2.44 bits per heavy atom. The number of nitrogens with zero attached hydrogens (tertiary/aromatic N) is 1. The predicted octanol–water partition coefficient (Wildman–Crippen LogP) is -0.0217. The van der Waals surface area contributed by atoms with Crippen LogP contribution in [0.3, 0.4) is 0 Å². The maximum Gasteiger partial charge on any atom is 0.319 e. The first kappa shape index (κ1) is 12.9. The zero-order chi connectivity index (χ0) is 13.3. The van der Waals surface area contributed by atoms with Gasteiger partial charge in [0.05, 0.1) is 0 Å². The van der Waals surface area contributed by atoms with Crippen molar-refractivity contribution in [3.8, 4) is 0 Å². The monoisotopic (exact) mass is 254 g/mol. The molecule has 2 fully saturated rings. The van der Waals surface area contributed by atoms with Crippen LogP contribution in [0.2, 0.25) is 0 Å². The van der Waals surface area contributed by atoms with E-state index in [1.165, 1.54) is 6.92 Å². The SMILES string of the molecule is CC(=O)NC1CCN(C(=O)C2(C(=O)O)CCC2)C1. The average molecular weight is 254 g/mol. The first-order chi connectivity index (χ1) is 8.45. The highest BCUT2D eigenvalue weighted by molar-refractivity contribution is 6.03. The molecule has 1 aliphatic heterocycles. The molecule has 18 heavy (non-hydrogen) atoms. The van der Waals surface area contributed by atoms with Crippen molar-refractivity contribution < 1.29 is 19.5 Å². The molecule has 0 bridgehead atoms. The number of hydrogen-bond donors (Lipinski definition) is 2. The van der Waals surface area contributed by atoms with Crippen LogP contribution in [0.4, 0.5) is 0 Å². The van der Waals surface area contributed by atoms with Crippen molar-refractivity contribution in [1.82, 2.24) is 10.2 Å². The van der Waals surface area contributed by atoms with Crippen molar-refractivity contribution in [3.05, 3.63) is 0 Å². The maximum absolute atomic E-state index is 12.3. The van der Waals surface area contributed by atoms with Gasteiger partial charge in [0.15, 0.2) is 0 Å². The van der Waals surface area contributed by atoms with Crippen molar-refractivity contribution in [3.63, 3.8) is 0 Å². The van der Waals surface area contributed by atoms with Gasteiger partial charge in [0, 0.05) is 26.1 Å². The van der Waals surface area contributed by atoms with Crippen molar-refractivity contribution in [1.29, 1.82) is 0 Å². The van der Waals surface area contributed by atoms with Crippen LogP contribution in [-0.2, 0) is 14.4 Å². The van der Waals surface area contributed by atoms with Crippen LogP contribution in [0.5, 0.6) is 0 Å². The number of rotatable bonds is 3. The minimum atomic E-state index is -1.19. The lowest BCUT2D eigenvalue weighted by Crippen LogP contribution is -2.52. The minimum absolute atomic E-state index is 0.0441. The Kier molecular flexibility index (Phi) is 3.28. The van der Waals surface area contributed by atoms with Gasteiger partial charge in [-0.2, -0.15) is 0 Å². The molecule has 1 aliphatic carbocycles. The summed E-state index contributed by atoms with van der Waals surface area (Å²) in [7, 11) is 0. The summed E-state index contributed by atoms with van der Waals surface area (Å²) in [5, 5.41) is 12.0. The molecule has 0 aromatic heterocycles. The van der Waals surface area contributed by atoms with Crippen LogP contribution in [-0.4, -0.2) is 46.9 Å². The van der Waals surface area contributed by atoms with Crippen LogP contribution in [0.15, 0.2) is 0 Å². The normalized spacial score (nSPS) is 25.4. The fourth-order valence-electron chi connectivity index (χ4n) is 2.70. The number of aliphatic carboxylic acids is 1. The van der Waals surface area contributed by atoms with Crippen LogP contribution >= 0.6 is 0 Å². The molecule has 1 atom stereocenters. The van der Waals surface area contributed by atoms with Crippen LogP contribution in [0.25, 0.3) is 0 Å². The fourth-order valence-corrected chi connectivity index (χ4v) is 2.70. The molecule has 0 spiro atoms. The van der Waals surface area contributed by atoms with Crippen molar-refractivity contribution in [2.24, 2.45) is 5.41 Å². The van der Waals surface area contributed by atoms with E-state index in [1.54, 1.807) is 4.90 Å². The molecule has 2 aliphatic rings. The highest BCUT2D eigenvalue weighted by atomic mass is 16.4. The summed E-state index contributed by atoms with van der Waals surface area (Å²) >= 11 is 0. The number of carbonyl (C=O) groups is 3. The molecule has 0 aromatic rings. The maximum atomic E-state index is 12.3. The summed E-state index contributed by atoms with van der Waals surface area (Å²) in [6, 6.07) is -0.0441. The summed E-state index contributed by atoms with van der Waals surface area (Å²) in [6.07, 6.45) is 2.35. The van der Waals surface area contributed by atoms with Crippen LogP contribution in [0.1, 0.15) is 32.6 Å². The summed E-state index contributed by atoms with van der Waals surface area (Å²) in [5.41, 5.74) is -1.19. The van der Waals surface area contributed by atoms with E-state index in [-0.39, 0.29) is 17.9 Å². The molecule has 2 rings (SSSR count). The number of carboxylic acid groups (broad SMARTS) is 1. The molecular formula is C12H18N2O4. The average Bonchev–Trinajstić information content (AvgIpc) is 2.62. The highest BCUT2D eigenvalue weighted by Gasteiger charge is 2.53. The lowest BCUT2D eigenvalue weighted by molar-refractivity contribution is -0.167. The molecule has 1 unspecified atom stereocenters. The van der Waals surface area contributed by atoms with E-state index in [9.17, 15) is 19.5 Å². The van der Waals surface area contributed by atoms with Crippen molar-refractivity contribution in [2.45, 2.75) is 38.6 Å².